The van der Waals surface area contributed by atoms with E-state index in [1.54, 1.807) is 21.7 Å². The minimum absolute atomic E-state index is 0.111. The third kappa shape index (κ3) is 5.12. The average Bonchev–Trinajstić information content (AvgIpc) is 3.40. The normalized spacial score (nSPS) is 17.0. The fraction of sp³-hybridized carbons (Fsp3) is 0.308. The van der Waals surface area contributed by atoms with E-state index in [2.05, 4.69) is 20.7 Å². The first-order valence-corrected chi connectivity index (χ1v) is 11.9. The second-order valence-electron chi connectivity index (χ2n) is 8.61. The molecule has 11 nitrogen and oxygen atoms in total. The lowest BCUT2D eigenvalue weighted by molar-refractivity contribution is -0.137. The second kappa shape index (κ2) is 10.7. The number of ether oxygens (including phenoxy) is 3. The van der Waals surface area contributed by atoms with E-state index in [9.17, 15) is 9.59 Å². The molecule has 1 saturated heterocycles. The fourth-order valence-corrected chi connectivity index (χ4v) is 4.43. The molecule has 1 fully saturated rings. The Morgan fingerprint density at radius 1 is 1.14 bits per heavy atom. The van der Waals surface area contributed by atoms with Crippen molar-refractivity contribution < 1.29 is 23.8 Å². The van der Waals surface area contributed by atoms with Crippen LogP contribution in [0.15, 0.2) is 66.1 Å². The molecule has 2 N–H and O–H groups in total. The van der Waals surface area contributed by atoms with E-state index in [0.717, 1.165) is 5.56 Å². The molecule has 2 amide bonds. The van der Waals surface area contributed by atoms with E-state index in [1.165, 1.54) is 13.4 Å². The lowest BCUT2D eigenvalue weighted by atomic mass is 9.94. The number of hydrogen-bond donors (Lipinski definition) is 2. The van der Waals surface area contributed by atoms with Gasteiger partial charge in [-0.25, -0.2) is 4.68 Å². The van der Waals surface area contributed by atoms with Crippen LogP contribution in [0.2, 0.25) is 0 Å². The number of para-hydroxylation sites is 1. The van der Waals surface area contributed by atoms with Crippen molar-refractivity contribution in [1.29, 1.82) is 0 Å². The Balaban J connectivity index is 1.42. The van der Waals surface area contributed by atoms with Crippen molar-refractivity contribution in [2.75, 3.05) is 50.7 Å². The number of nitrogens with one attached hydrogen (secondary N) is 2. The number of rotatable bonds is 7. The molecule has 0 aliphatic carbocycles. The molecule has 2 aliphatic rings. The van der Waals surface area contributed by atoms with Crippen LogP contribution < -0.4 is 20.1 Å². The number of methoxy groups -OCH3 is 1. The second-order valence-corrected chi connectivity index (χ2v) is 8.61. The first kappa shape index (κ1) is 24.3. The van der Waals surface area contributed by atoms with Gasteiger partial charge in [-0.15, -0.1) is 0 Å². The van der Waals surface area contributed by atoms with Crippen molar-refractivity contribution in [1.82, 2.24) is 19.7 Å². The first-order chi connectivity index (χ1) is 18.0. The molecule has 11 heteroatoms. The molecular formula is C26H28N6O5. The number of nitrogens with zero attached hydrogens (tertiary/aromatic N) is 4. The summed E-state index contributed by atoms with van der Waals surface area (Å²) in [7, 11) is 1.53. The van der Waals surface area contributed by atoms with Crippen LogP contribution in [0.5, 0.6) is 11.5 Å². The lowest BCUT2D eigenvalue weighted by Gasteiger charge is -2.29. The number of allylic oxidation sites excluding steroid dienone is 1. The van der Waals surface area contributed by atoms with E-state index >= 15 is 0 Å². The molecule has 1 atom stereocenters. The Morgan fingerprint density at radius 2 is 1.92 bits per heavy atom. The van der Waals surface area contributed by atoms with Crippen LogP contribution in [0, 0.1) is 0 Å². The summed E-state index contributed by atoms with van der Waals surface area (Å²) in [4.78, 5) is 32.0. The van der Waals surface area contributed by atoms with Gasteiger partial charge in [0.25, 0.3) is 11.8 Å². The van der Waals surface area contributed by atoms with Gasteiger partial charge in [0.1, 0.15) is 12.4 Å². The molecule has 37 heavy (non-hydrogen) atoms. The number of morpholine rings is 1. The number of anilines is 2. The SMILES string of the molecule is COc1cc(C2C(C(=O)Nc3ccccc3)=C(C)Nc3ncnn32)ccc1OCC(=O)N1CCOCC1. The monoisotopic (exact) mass is 504 g/mol. The topological polar surface area (TPSA) is 120 Å². The minimum Gasteiger partial charge on any atom is -0.493 e. The maximum Gasteiger partial charge on any atom is 0.260 e. The third-order valence-electron chi connectivity index (χ3n) is 6.29. The summed E-state index contributed by atoms with van der Waals surface area (Å²) in [6.07, 6.45) is 1.44. The Bertz CT molecular complexity index is 1320. The van der Waals surface area contributed by atoms with E-state index in [1.807, 2.05) is 43.3 Å². The van der Waals surface area contributed by atoms with Gasteiger partial charge in [0.15, 0.2) is 18.1 Å². The van der Waals surface area contributed by atoms with Crippen LogP contribution in [0.25, 0.3) is 0 Å². The van der Waals surface area contributed by atoms with Gasteiger partial charge in [-0.2, -0.15) is 10.1 Å². The van der Waals surface area contributed by atoms with Gasteiger partial charge in [-0.1, -0.05) is 24.3 Å². The number of hydrogen-bond acceptors (Lipinski definition) is 8. The van der Waals surface area contributed by atoms with Gasteiger partial charge in [0.05, 0.1) is 25.9 Å². The first-order valence-electron chi connectivity index (χ1n) is 11.9. The number of carbonyl (C=O) groups excluding carboxylic acids is 2. The molecule has 1 aromatic heterocycles. The summed E-state index contributed by atoms with van der Waals surface area (Å²) in [6.45, 7) is 3.87. The maximum absolute atomic E-state index is 13.5. The molecule has 0 spiro atoms. The van der Waals surface area contributed by atoms with Crippen LogP contribution >= 0.6 is 0 Å². The third-order valence-corrected chi connectivity index (χ3v) is 6.29. The van der Waals surface area contributed by atoms with Crippen molar-refractivity contribution in [3.63, 3.8) is 0 Å². The molecule has 0 bridgehead atoms. The molecule has 3 aromatic rings. The molecule has 1 unspecified atom stereocenters. The van der Waals surface area contributed by atoms with Crippen LogP contribution in [-0.2, 0) is 14.3 Å². The number of amides is 2. The van der Waals surface area contributed by atoms with Crippen molar-refractivity contribution in [2.45, 2.75) is 13.0 Å². The Labute approximate surface area is 214 Å². The number of fused-ring (bicyclic) bond motifs is 1. The molecule has 192 valence electrons. The maximum atomic E-state index is 13.5. The van der Waals surface area contributed by atoms with Crippen molar-refractivity contribution in [3.05, 3.63) is 71.7 Å². The highest BCUT2D eigenvalue weighted by Crippen LogP contribution is 2.38. The summed E-state index contributed by atoms with van der Waals surface area (Å²) < 4.78 is 18.4. The van der Waals surface area contributed by atoms with Crippen LogP contribution in [0.4, 0.5) is 11.6 Å². The van der Waals surface area contributed by atoms with Gasteiger partial charge in [-0.3, -0.25) is 9.59 Å². The predicted octanol–water partition coefficient (Wildman–Crippen LogP) is 2.45. The van der Waals surface area contributed by atoms with Crippen molar-refractivity contribution >= 4 is 23.5 Å². The highest BCUT2D eigenvalue weighted by Gasteiger charge is 2.34. The standard InChI is InChI=1S/C26H28N6O5/c1-17-23(25(34)30-19-6-4-3-5-7-19)24(32-26(29-17)27-16-28-32)18-8-9-20(21(14-18)35-2)37-15-22(33)31-10-12-36-13-11-31/h3-9,14,16,24H,10-13,15H2,1-2H3,(H,30,34)(H,27,28,29). The summed E-state index contributed by atoms with van der Waals surface area (Å²) in [5.41, 5.74) is 2.58. The number of benzene rings is 2. The zero-order valence-corrected chi connectivity index (χ0v) is 20.6. The van der Waals surface area contributed by atoms with E-state index in [-0.39, 0.29) is 18.4 Å². The Hall–Kier alpha value is -4.38. The molecule has 2 aromatic carbocycles. The molecule has 0 radical (unpaired) electrons. The van der Waals surface area contributed by atoms with Crippen LogP contribution in [0.3, 0.4) is 0 Å². The van der Waals surface area contributed by atoms with Gasteiger partial charge in [-0.05, 0) is 36.8 Å². The molecule has 3 heterocycles. The quantitative estimate of drug-likeness (QED) is 0.504. The largest absolute Gasteiger partial charge is 0.493 e. The highest BCUT2D eigenvalue weighted by molar-refractivity contribution is 6.06. The van der Waals surface area contributed by atoms with Crippen molar-refractivity contribution in [3.8, 4) is 11.5 Å². The lowest BCUT2D eigenvalue weighted by Crippen LogP contribution is -2.43. The summed E-state index contributed by atoms with van der Waals surface area (Å²) in [6, 6.07) is 14.0. The van der Waals surface area contributed by atoms with E-state index in [4.69, 9.17) is 14.2 Å². The Morgan fingerprint density at radius 3 is 2.68 bits per heavy atom. The zero-order chi connectivity index (χ0) is 25.8. The fourth-order valence-electron chi connectivity index (χ4n) is 4.43. The molecular weight excluding hydrogens is 476 g/mol. The number of aromatic nitrogens is 3. The summed E-state index contributed by atoms with van der Waals surface area (Å²) >= 11 is 0. The predicted molar refractivity (Wildman–Crippen MR) is 135 cm³/mol. The summed E-state index contributed by atoms with van der Waals surface area (Å²) in [5.74, 6) is 1.01. The Kier molecular flexibility index (Phi) is 7.04. The summed E-state index contributed by atoms with van der Waals surface area (Å²) in [5, 5.41) is 10.5. The molecule has 2 aliphatic heterocycles. The van der Waals surface area contributed by atoms with Gasteiger partial charge in [0.2, 0.25) is 5.95 Å². The van der Waals surface area contributed by atoms with Crippen LogP contribution in [-0.4, -0.2) is 71.5 Å². The molecule has 5 rings (SSSR count). The zero-order valence-electron chi connectivity index (χ0n) is 20.6. The van der Waals surface area contributed by atoms with Gasteiger partial charge >= 0.3 is 0 Å². The van der Waals surface area contributed by atoms with E-state index in [0.29, 0.717) is 60.7 Å². The molecule has 0 saturated carbocycles. The highest BCUT2D eigenvalue weighted by atomic mass is 16.5. The van der Waals surface area contributed by atoms with Crippen LogP contribution in [0.1, 0.15) is 18.5 Å². The average molecular weight is 505 g/mol. The van der Waals surface area contributed by atoms with E-state index < -0.39 is 6.04 Å². The minimum atomic E-state index is -0.569. The van der Waals surface area contributed by atoms with Gasteiger partial charge < -0.3 is 29.7 Å². The number of carbonyl (C=O) groups is 2. The van der Waals surface area contributed by atoms with Gasteiger partial charge in [0, 0.05) is 24.5 Å². The van der Waals surface area contributed by atoms with Crippen molar-refractivity contribution in [2.24, 2.45) is 0 Å². The smallest absolute Gasteiger partial charge is 0.260 e.